The number of fused-ring (bicyclic) bond motifs is 1. The summed E-state index contributed by atoms with van der Waals surface area (Å²) in [6.45, 7) is 10.5. The summed E-state index contributed by atoms with van der Waals surface area (Å²) < 4.78 is 35.3. The summed E-state index contributed by atoms with van der Waals surface area (Å²) in [4.78, 5) is 25.1. The Labute approximate surface area is 244 Å². The number of nitrogens with zero attached hydrogens (tertiary/aromatic N) is 8. The number of hydrogen-bond acceptors (Lipinski definition) is 9. The van der Waals surface area contributed by atoms with Crippen LogP contribution >= 0.6 is 0 Å². The Hall–Kier alpha value is -3.90. The molecule has 4 heterocycles. The number of likely N-dealkylation sites (N-methyl/N-ethyl adjacent to an activating group) is 1. The van der Waals surface area contributed by atoms with E-state index in [0.29, 0.717) is 55.7 Å². The van der Waals surface area contributed by atoms with E-state index in [1.165, 1.54) is 15.8 Å². The summed E-state index contributed by atoms with van der Waals surface area (Å²) >= 11 is 0. The van der Waals surface area contributed by atoms with E-state index in [-0.39, 0.29) is 5.95 Å². The smallest absolute Gasteiger partial charge is 0.296 e. The van der Waals surface area contributed by atoms with Crippen LogP contribution < -0.4 is 15.1 Å². The Bertz CT molecular complexity index is 1530. The first-order valence-corrected chi connectivity index (χ1v) is 14.4. The first-order chi connectivity index (χ1) is 20.3. The molecule has 2 aromatic heterocycles. The van der Waals surface area contributed by atoms with Crippen molar-refractivity contribution in [3.63, 3.8) is 0 Å². The molecule has 10 nitrogen and oxygen atoms in total. The molecule has 4 aromatic rings. The van der Waals surface area contributed by atoms with Crippen molar-refractivity contribution in [1.82, 2.24) is 29.4 Å². The molecule has 2 aromatic carbocycles. The quantitative estimate of drug-likeness (QED) is 0.332. The van der Waals surface area contributed by atoms with Crippen LogP contribution in [0.2, 0.25) is 0 Å². The number of aromatic nitrogens is 5. The zero-order valence-corrected chi connectivity index (χ0v) is 24.3. The largest absolute Gasteiger partial charge is 0.378 e. The molecule has 0 amide bonds. The van der Waals surface area contributed by atoms with Gasteiger partial charge >= 0.3 is 0 Å². The molecular formula is C30H37F2N9O. The van der Waals surface area contributed by atoms with Gasteiger partial charge in [0.25, 0.3) is 6.43 Å². The third kappa shape index (κ3) is 6.00. The molecule has 0 spiro atoms. The summed E-state index contributed by atoms with van der Waals surface area (Å²) in [5.74, 6) is 0.437. The van der Waals surface area contributed by atoms with Crippen molar-refractivity contribution in [2.45, 2.75) is 32.2 Å². The third-order valence-electron chi connectivity index (χ3n) is 7.81. The SMILES string of the molecule is CN1CCN(c2ccccc2CC(C)(C)Nc2nc(N3CCOCC3)nc(-n3c(C(F)F)nc4ccccc43)n2)CC1. The number of rotatable bonds is 8. The van der Waals surface area contributed by atoms with E-state index in [2.05, 4.69) is 70.2 Å². The van der Waals surface area contributed by atoms with Gasteiger partial charge in [-0.05, 0) is 51.1 Å². The van der Waals surface area contributed by atoms with Gasteiger partial charge in [0.15, 0.2) is 5.82 Å². The zero-order valence-electron chi connectivity index (χ0n) is 24.3. The molecule has 2 aliphatic heterocycles. The number of anilines is 3. The zero-order chi connectivity index (χ0) is 29.3. The molecule has 2 saturated heterocycles. The highest BCUT2D eigenvalue weighted by atomic mass is 19.3. The van der Waals surface area contributed by atoms with Crippen molar-refractivity contribution in [2.75, 3.05) is 74.6 Å². The van der Waals surface area contributed by atoms with Crippen LogP contribution in [0.1, 0.15) is 31.7 Å². The highest BCUT2D eigenvalue weighted by Gasteiger charge is 2.27. The van der Waals surface area contributed by atoms with Crippen molar-refractivity contribution in [1.29, 1.82) is 0 Å². The lowest BCUT2D eigenvalue weighted by molar-refractivity contribution is 0.122. The van der Waals surface area contributed by atoms with Gasteiger partial charge < -0.3 is 24.8 Å². The minimum atomic E-state index is -2.81. The second-order valence-corrected chi connectivity index (χ2v) is 11.6. The molecule has 0 aliphatic carbocycles. The standard InChI is InChI=1S/C30H37F2N9O/c1-30(2,20-21-8-4-6-10-23(21)39-14-12-38(3)13-15-39)37-27-34-28(40-16-18-42-19-17-40)36-29(35-27)41-24-11-7-5-9-22(24)33-26(41)25(31)32/h4-11,25H,12-20H2,1-3H3,(H,34,35,36,37). The summed E-state index contributed by atoms with van der Waals surface area (Å²) in [6.07, 6.45) is -2.10. The summed E-state index contributed by atoms with van der Waals surface area (Å²) in [5, 5.41) is 3.51. The molecule has 0 bridgehead atoms. The van der Waals surface area contributed by atoms with Crippen molar-refractivity contribution in [3.05, 3.63) is 59.9 Å². The topological polar surface area (TPSA) is 87.5 Å². The maximum atomic E-state index is 14.2. The van der Waals surface area contributed by atoms with Crippen LogP contribution in [0.5, 0.6) is 0 Å². The number of benzene rings is 2. The Kier molecular flexibility index (Phi) is 7.91. The van der Waals surface area contributed by atoms with E-state index >= 15 is 0 Å². The monoisotopic (exact) mass is 577 g/mol. The first kappa shape index (κ1) is 28.2. The van der Waals surface area contributed by atoms with Crippen LogP contribution in [-0.2, 0) is 11.2 Å². The number of nitrogens with one attached hydrogen (secondary N) is 1. The van der Waals surface area contributed by atoms with Crippen molar-refractivity contribution in [2.24, 2.45) is 0 Å². The predicted molar refractivity (Wildman–Crippen MR) is 160 cm³/mol. The number of piperazine rings is 1. The fraction of sp³-hybridized carbons (Fsp3) is 0.467. The molecule has 0 unspecified atom stereocenters. The minimum Gasteiger partial charge on any atom is -0.378 e. The average Bonchev–Trinajstić information content (AvgIpc) is 3.38. The number of ether oxygens (including phenoxy) is 1. The highest BCUT2D eigenvalue weighted by Crippen LogP contribution is 2.30. The van der Waals surface area contributed by atoms with Gasteiger partial charge in [0.1, 0.15) is 0 Å². The summed E-state index contributed by atoms with van der Waals surface area (Å²) in [7, 11) is 2.15. The number of imidazole rings is 1. The molecule has 222 valence electrons. The van der Waals surface area contributed by atoms with Gasteiger partial charge in [0.05, 0.1) is 24.2 Å². The second kappa shape index (κ2) is 11.8. The van der Waals surface area contributed by atoms with Crippen molar-refractivity contribution < 1.29 is 13.5 Å². The number of halogens is 2. The van der Waals surface area contributed by atoms with Crippen LogP contribution in [0.15, 0.2) is 48.5 Å². The van der Waals surface area contributed by atoms with E-state index in [0.717, 1.165) is 26.2 Å². The van der Waals surface area contributed by atoms with Crippen molar-refractivity contribution in [3.8, 4) is 5.95 Å². The lowest BCUT2D eigenvalue weighted by atomic mass is 9.93. The second-order valence-electron chi connectivity index (χ2n) is 11.6. The van der Waals surface area contributed by atoms with Crippen molar-refractivity contribution >= 4 is 28.6 Å². The van der Waals surface area contributed by atoms with Crippen LogP contribution in [0.4, 0.5) is 26.4 Å². The van der Waals surface area contributed by atoms with E-state index in [4.69, 9.17) is 14.7 Å². The van der Waals surface area contributed by atoms with E-state index in [1.807, 2.05) is 4.90 Å². The van der Waals surface area contributed by atoms with E-state index in [1.54, 1.807) is 24.3 Å². The normalized spacial score (nSPS) is 16.9. The third-order valence-corrected chi connectivity index (χ3v) is 7.81. The summed E-state index contributed by atoms with van der Waals surface area (Å²) in [5.41, 5.74) is 2.96. The van der Waals surface area contributed by atoms with Gasteiger partial charge in [-0.3, -0.25) is 4.57 Å². The minimum absolute atomic E-state index is 0.103. The number of morpholine rings is 1. The molecule has 12 heteroatoms. The fourth-order valence-electron chi connectivity index (χ4n) is 5.65. The number of alkyl halides is 2. The Morgan fingerprint density at radius 1 is 0.833 bits per heavy atom. The molecule has 42 heavy (non-hydrogen) atoms. The van der Waals surface area contributed by atoms with Gasteiger partial charge in [0, 0.05) is 50.5 Å². The maximum absolute atomic E-state index is 14.2. The lowest BCUT2D eigenvalue weighted by Gasteiger charge is -2.36. The van der Waals surface area contributed by atoms with Gasteiger partial charge in [-0.1, -0.05) is 30.3 Å². The van der Waals surface area contributed by atoms with Gasteiger partial charge in [-0.15, -0.1) is 0 Å². The Morgan fingerprint density at radius 3 is 2.29 bits per heavy atom. The fourth-order valence-corrected chi connectivity index (χ4v) is 5.65. The molecule has 0 radical (unpaired) electrons. The number of para-hydroxylation sites is 3. The van der Waals surface area contributed by atoms with Gasteiger partial charge in [0.2, 0.25) is 17.8 Å². The molecule has 1 N–H and O–H groups in total. The predicted octanol–water partition coefficient (Wildman–Crippen LogP) is 4.17. The Balaban J connectivity index is 1.36. The Morgan fingerprint density at radius 2 is 1.52 bits per heavy atom. The van der Waals surface area contributed by atoms with Crippen LogP contribution in [0.25, 0.3) is 17.0 Å². The van der Waals surface area contributed by atoms with Gasteiger partial charge in [-0.2, -0.15) is 15.0 Å². The van der Waals surface area contributed by atoms with Crippen LogP contribution in [-0.4, -0.2) is 94.5 Å². The van der Waals surface area contributed by atoms with E-state index < -0.39 is 17.8 Å². The molecule has 2 aliphatic rings. The first-order valence-electron chi connectivity index (χ1n) is 14.4. The van der Waals surface area contributed by atoms with Crippen LogP contribution in [0.3, 0.4) is 0 Å². The number of hydrogen-bond donors (Lipinski definition) is 1. The summed E-state index contributed by atoms with van der Waals surface area (Å²) in [6, 6.07) is 15.5. The average molecular weight is 578 g/mol. The highest BCUT2D eigenvalue weighted by molar-refractivity contribution is 5.77. The molecule has 2 fully saturated rings. The molecule has 0 atom stereocenters. The van der Waals surface area contributed by atoms with Gasteiger partial charge in [-0.25, -0.2) is 13.8 Å². The lowest BCUT2D eigenvalue weighted by Crippen LogP contribution is -2.45. The maximum Gasteiger partial charge on any atom is 0.296 e. The van der Waals surface area contributed by atoms with E-state index in [9.17, 15) is 8.78 Å². The molecule has 0 saturated carbocycles. The van der Waals surface area contributed by atoms with Crippen LogP contribution in [0, 0.1) is 0 Å². The molecule has 6 rings (SSSR count). The molecular weight excluding hydrogens is 540 g/mol.